The number of rotatable bonds is 5. The molecule has 0 aliphatic rings. The van der Waals surface area contributed by atoms with Crippen LogP contribution in [-0.4, -0.2) is 30.3 Å². The molecule has 1 N–H and O–H groups in total. The average Bonchev–Trinajstić information content (AvgIpc) is 2.54. The first kappa shape index (κ1) is 16.7. The van der Waals surface area contributed by atoms with Crippen molar-refractivity contribution in [1.29, 1.82) is 0 Å². The Bertz CT molecular complexity index is 716. The van der Waals surface area contributed by atoms with Crippen LogP contribution in [0.15, 0.2) is 48.5 Å². The molecule has 2 aromatic rings. The van der Waals surface area contributed by atoms with Crippen LogP contribution in [0.1, 0.15) is 22.8 Å². The zero-order chi connectivity index (χ0) is 16.8. The number of para-hydroxylation sites is 1. The molecule has 0 unspecified atom stereocenters. The highest BCUT2D eigenvalue weighted by atomic mass is 19.1. The smallest absolute Gasteiger partial charge is 0.254 e. The van der Waals surface area contributed by atoms with Crippen LogP contribution in [0.3, 0.4) is 0 Å². The van der Waals surface area contributed by atoms with Crippen molar-refractivity contribution in [2.75, 3.05) is 18.9 Å². The number of nitrogens with one attached hydrogen (secondary N) is 1. The van der Waals surface area contributed by atoms with Gasteiger partial charge in [-0.05, 0) is 36.2 Å². The molecule has 0 aromatic heterocycles. The van der Waals surface area contributed by atoms with Crippen LogP contribution >= 0.6 is 0 Å². The van der Waals surface area contributed by atoms with Crippen molar-refractivity contribution in [2.45, 2.75) is 13.3 Å². The molecule has 0 aliphatic heterocycles. The highest BCUT2D eigenvalue weighted by molar-refractivity contribution is 5.99. The van der Waals surface area contributed by atoms with E-state index in [1.54, 1.807) is 0 Å². The molecule has 0 aliphatic carbocycles. The molecule has 0 bridgehead atoms. The largest absolute Gasteiger partial charge is 0.332 e. The molecular formula is C18H19FN2O2. The molecule has 0 fully saturated rings. The predicted molar refractivity (Wildman–Crippen MR) is 87.8 cm³/mol. The van der Waals surface area contributed by atoms with Crippen LogP contribution in [0.4, 0.5) is 10.1 Å². The summed E-state index contributed by atoms with van der Waals surface area (Å²) >= 11 is 0. The molecular weight excluding hydrogens is 295 g/mol. The Morgan fingerprint density at radius 3 is 2.57 bits per heavy atom. The lowest BCUT2D eigenvalue weighted by molar-refractivity contribution is -0.116. The topological polar surface area (TPSA) is 49.4 Å². The van der Waals surface area contributed by atoms with E-state index in [-0.39, 0.29) is 18.0 Å². The third-order valence-electron chi connectivity index (χ3n) is 3.47. The standard InChI is InChI=1S/C18H19FN2O2/c1-3-13-7-4-5-10-16(13)20-17(22)12-21(2)18(23)14-8-6-9-15(19)11-14/h4-11H,3,12H2,1-2H3,(H,20,22). The number of nitrogens with zero attached hydrogens (tertiary/aromatic N) is 1. The van der Waals surface area contributed by atoms with Crippen LogP contribution in [0.25, 0.3) is 0 Å². The number of carbonyl (C=O) groups is 2. The third kappa shape index (κ3) is 4.39. The summed E-state index contributed by atoms with van der Waals surface area (Å²) < 4.78 is 13.2. The molecule has 0 heterocycles. The molecule has 120 valence electrons. The van der Waals surface area contributed by atoms with Gasteiger partial charge in [0.25, 0.3) is 5.91 Å². The number of aryl methyl sites for hydroxylation is 1. The van der Waals surface area contributed by atoms with Crippen molar-refractivity contribution in [1.82, 2.24) is 4.90 Å². The van der Waals surface area contributed by atoms with E-state index in [4.69, 9.17) is 0 Å². The summed E-state index contributed by atoms with van der Waals surface area (Å²) in [6, 6.07) is 12.9. The minimum absolute atomic E-state index is 0.104. The van der Waals surface area contributed by atoms with Crippen molar-refractivity contribution in [2.24, 2.45) is 0 Å². The molecule has 0 atom stereocenters. The Kier molecular flexibility index (Phi) is 5.46. The monoisotopic (exact) mass is 314 g/mol. The minimum Gasteiger partial charge on any atom is -0.332 e. The second-order valence-electron chi connectivity index (χ2n) is 5.23. The van der Waals surface area contributed by atoms with Crippen molar-refractivity contribution in [3.63, 3.8) is 0 Å². The Morgan fingerprint density at radius 1 is 1.13 bits per heavy atom. The quantitative estimate of drug-likeness (QED) is 0.922. The summed E-state index contributed by atoms with van der Waals surface area (Å²) in [6.07, 6.45) is 0.800. The number of hydrogen-bond donors (Lipinski definition) is 1. The zero-order valence-corrected chi connectivity index (χ0v) is 13.2. The van der Waals surface area contributed by atoms with E-state index in [9.17, 15) is 14.0 Å². The van der Waals surface area contributed by atoms with Gasteiger partial charge in [-0.15, -0.1) is 0 Å². The number of likely N-dealkylation sites (N-methyl/N-ethyl adjacent to an activating group) is 1. The highest BCUT2D eigenvalue weighted by Crippen LogP contribution is 2.15. The second kappa shape index (κ2) is 7.54. The van der Waals surface area contributed by atoms with Crippen molar-refractivity contribution in [3.8, 4) is 0 Å². The zero-order valence-electron chi connectivity index (χ0n) is 13.2. The first-order valence-corrected chi connectivity index (χ1v) is 7.40. The van der Waals surface area contributed by atoms with Crippen molar-refractivity contribution in [3.05, 3.63) is 65.5 Å². The van der Waals surface area contributed by atoms with E-state index < -0.39 is 11.7 Å². The Balaban J connectivity index is 2.01. The molecule has 2 aromatic carbocycles. The van der Waals surface area contributed by atoms with Gasteiger partial charge in [-0.3, -0.25) is 9.59 Å². The first-order valence-electron chi connectivity index (χ1n) is 7.40. The van der Waals surface area contributed by atoms with E-state index in [1.165, 1.54) is 30.1 Å². The van der Waals surface area contributed by atoms with Gasteiger partial charge in [0, 0.05) is 18.3 Å². The van der Waals surface area contributed by atoms with Crippen LogP contribution in [-0.2, 0) is 11.2 Å². The normalized spacial score (nSPS) is 10.2. The lowest BCUT2D eigenvalue weighted by Gasteiger charge is -2.17. The molecule has 0 saturated heterocycles. The maximum absolute atomic E-state index is 13.2. The van der Waals surface area contributed by atoms with Crippen LogP contribution in [0, 0.1) is 5.82 Å². The molecule has 2 amide bonds. The van der Waals surface area contributed by atoms with Gasteiger partial charge in [-0.25, -0.2) is 4.39 Å². The first-order chi connectivity index (χ1) is 11.0. The van der Waals surface area contributed by atoms with Gasteiger partial charge in [-0.2, -0.15) is 0 Å². The summed E-state index contributed by atoms with van der Waals surface area (Å²) in [6.45, 7) is 1.90. The molecule has 0 radical (unpaired) electrons. The van der Waals surface area contributed by atoms with Gasteiger partial charge in [0.15, 0.2) is 0 Å². The summed E-state index contributed by atoms with van der Waals surface area (Å²) in [5.41, 5.74) is 1.99. The maximum atomic E-state index is 13.2. The lowest BCUT2D eigenvalue weighted by Crippen LogP contribution is -2.35. The Labute approximate surface area is 134 Å². The number of amides is 2. The number of benzene rings is 2. The SMILES string of the molecule is CCc1ccccc1NC(=O)CN(C)C(=O)c1cccc(F)c1. The average molecular weight is 314 g/mol. The van der Waals surface area contributed by atoms with Gasteiger partial charge in [-0.1, -0.05) is 31.2 Å². The Morgan fingerprint density at radius 2 is 1.87 bits per heavy atom. The predicted octanol–water partition coefficient (Wildman–Crippen LogP) is 3.10. The fraction of sp³-hybridized carbons (Fsp3) is 0.222. The number of anilines is 1. The van der Waals surface area contributed by atoms with Crippen LogP contribution in [0.2, 0.25) is 0 Å². The third-order valence-corrected chi connectivity index (χ3v) is 3.47. The van der Waals surface area contributed by atoms with Gasteiger partial charge >= 0.3 is 0 Å². The van der Waals surface area contributed by atoms with Gasteiger partial charge < -0.3 is 10.2 Å². The van der Waals surface area contributed by atoms with E-state index >= 15 is 0 Å². The molecule has 4 nitrogen and oxygen atoms in total. The van der Waals surface area contributed by atoms with Gasteiger partial charge in [0.1, 0.15) is 5.82 Å². The van der Waals surface area contributed by atoms with Crippen LogP contribution < -0.4 is 5.32 Å². The maximum Gasteiger partial charge on any atom is 0.254 e. The number of carbonyl (C=O) groups excluding carboxylic acids is 2. The Hall–Kier alpha value is -2.69. The molecule has 2 rings (SSSR count). The van der Waals surface area contributed by atoms with E-state index in [2.05, 4.69) is 5.32 Å². The summed E-state index contributed by atoms with van der Waals surface area (Å²) in [5, 5.41) is 2.80. The second-order valence-corrected chi connectivity index (χ2v) is 5.23. The highest BCUT2D eigenvalue weighted by Gasteiger charge is 2.16. The minimum atomic E-state index is -0.481. The van der Waals surface area contributed by atoms with Crippen molar-refractivity contribution < 1.29 is 14.0 Å². The molecule has 0 spiro atoms. The van der Waals surface area contributed by atoms with E-state index in [0.29, 0.717) is 0 Å². The molecule has 23 heavy (non-hydrogen) atoms. The number of hydrogen-bond acceptors (Lipinski definition) is 2. The van der Waals surface area contributed by atoms with Crippen molar-refractivity contribution >= 4 is 17.5 Å². The van der Waals surface area contributed by atoms with Gasteiger partial charge in [0.2, 0.25) is 5.91 Å². The van der Waals surface area contributed by atoms with Crippen LogP contribution in [0.5, 0.6) is 0 Å². The summed E-state index contributed by atoms with van der Waals surface area (Å²) in [5.74, 6) is -1.17. The molecule has 0 saturated carbocycles. The number of halogens is 1. The lowest BCUT2D eigenvalue weighted by atomic mass is 10.1. The fourth-order valence-electron chi connectivity index (χ4n) is 2.27. The molecule has 5 heteroatoms. The summed E-state index contributed by atoms with van der Waals surface area (Å²) in [7, 11) is 1.51. The van der Waals surface area contributed by atoms with Gasteiger partial charge in [0.05, 0.1) is 6.54 Å². The fourth-order valence-corrected chi connectivity index (χ4v) is 2.27. The van der Waals surface area contributed by atoms with E-state index in [0.717, 1.165) is 23.7 Å². The summed E-state index contributed by atoms with van der Waals surface area (Å²) in [4.78, 5) is 25.6. The van der Waals surface area contributed by atoms with E-state index in [1.807, 2.05) is 31.2 Å².